The number of nitrogens with zero attached hydrogens (tertiary/aromatic N) is 1. The minimum absolute atomic E-state index is 0.215. The second-order valence-electron chi connectivity index (χ2n) is 6.26. The van der Waals surface area contributed by atoms with E-state index in [0.717, 1.165) is 25.3 Å². The van der Waals surface area contributed by atoms with Crippen molar-refractivity contribution in [2.75, 3.05) is 6.54 Å². The summed E-state index contributed by atoms with van der Waals surface area (Å²) in [6.07, 6.45) is 7.54. The van der Waals surface area contributed by atoms with Crippen molar-refractivity contribution in [2.45, 2.75) is 65.3 Å². The van der Waals surface area contributed by atoms with Gasteiger partial charge >= 0.3 is 0 Å². The topological polar surface area (TPSA) is 70.6 Å². The van der Waals surface area contributed by atoms with Gasteiger partial charge in [-0.15, -0.1) is 0 Å². The molecule has 1 aliphatic rings. The van der Waals surface area contributed by atoms with E-state index in [-0.39, 0.29) is 5.41 Å². The van der Waals surface area contributed by atoms with Crippen LogP contribution in [0.2, 0.25) is 0 Å². The SMILES string of the molecule is C[C@H](NCCCC(C)(C)C(N)=NO)C1CCCC1. The molecule has 1 saturated carbocycles. The fourth-order valence-corrected chi connectivity index (χ4v) is 2.75. The molecule has 1 fully saturated rings. The second-order valence-corrected chi connectivity index (χ2v) is 6.26. The molecule has 0 heterocycles. The van der Waals surface area contributed by atoms with Crippen molar-refractivity contribution in [3.63, 3.8) is 0 Å². The largest absolute Gasteiger partial charge is 0.409 e. The maximum Gasteiger partial charge on any atom is 0.144 e. The Labute approximate surface area is 111 Å². The number of nitrogens with one attached hydrogen (secondary N) is 1. The van der Waals surface area contributed by atoms with Gasteiger partial charge < -0.3 is 16.3 Å². The zero-order valence-corrected chi connectivity index (χ0v) is 12.1. The van der Waals surface area contributed by atoms with Gasteiger partial charge in [0.25, 0.3) is 0 Å². The minimum atomic E-state index is -0.215. The Hall–Kier alpha value is -0.770. The maximum absolute atomic E-state index is 8.71. The summed E-state index contributed by atoms with van der Waals surface area (Å²) in [5, 5.41) is 15.4. The highest BCUT2D eigenvalue weighted by molar-refractivity contribution is 5.85. The lowest BCUT2D eigenvalue weighted by Gasteiger charge is -2.24. The van der Waals surface area contributed by atoms with Crippen LogP contribution in [0.25, 0.3) is 0 Å². The quantitative estimate of drug-likeness (QED) is 0.215. The molecule has 4 nitrogen and oxygen atoms in total. The standard InChI is InChI=1S/C14H29N3O/c1-11(12-7-4-5-8-12)16-10-6-9-14(2,3)13(15)17-18/h11-12,16,18H,4-10H2,1-3H3,(H2,15,17)/t11-/m0/s1. The van der Waals surface area contributed by atoms with Crippen LogP contribution in [0.1, 0.15) is 59.3 Å². The molecular formula is C14H29N3O. The number of hydrogen-bond acceptors (Lipinski definition) is 3. The molecule has 0 aromatic heterocycles. The highest BCUT2D eigenvalue weighted by Gasteiger charge is 2.24. The summed E-state index contributed by atoms with van der Waals surface area (Å²) < 4.78 is 0. The Kier molecular flexibility index (Phi) is 5.93. The molecule has 0 unspecified atom stereocenters. The Balaban J connectivity index is 2.18. The molecule has 106 valence electrons. The molecule has 0 amide bonds. The van der Waals surface area contributed by atoms with Gasteiger partial charge in [0.1, 0.15) is 5.84 Å². The van der Waals surface area contributed by atoms with E-state index < -0.39 is 0 Å². The third kappa shape index (κ3) is 4.48. The van der Waals surface area contributed by atoms with E-state index in [4.69, 9.17) is 10.9 Å². The predicted octanol–water partition coefficient (Wildman–Crippen LogP) is 2.71. The van der Waals surface area contributed by atoms with Gasteiger partial charge in [-0.1, -0.05) is 31.8 Å². The average molecular weight is 255 g/mol. The number of oxime groups is 1. The smallest absolute Gasteiger partial charge is 0.144 e. The van der Waals surface area contributed by atoms with Crippen LogP contribution < -0.4 is 11.1 Å². The Morgan fingerprint density at radius 1 is 1.44 bits per heavy atom. The Morgan fingerprint density at radius 2 is 2.06 bits per heavy atom. The fraction of sp³-hybridized carbons (Fsp3) is 0.929. The van der Waals surface area contributed by atoms with E-state index in [0.29, 0.717) is 11.9 Å². The molecule has 1 atom stereocenters. The van der Waals surface area contributed by atoms with Gasteiger partial charge in [-0.3, -0.25) is 0 Å². The highest BCUT2D eigenvalue weighted by atomic mass is 16.4. The van der Waals surface area contributed by atoms with Crippen molar-refractivity contribution in [1.29, 1.82) is 0 Å². The van der Waals surface area contributed by atoms with Crippen LogP contribution in [0, 0.1) is 11.3 Å². The van der Waals surface area contributed by atoms with Crippen molar-refractivity contribution in [3.05, 3.63) is 0 Å². The molecule has 0 aromatic rings. The molecule has 0 bridgehead atoms. The predicted molar refractivity (Wildman–Crippen MR) is 75.8 cm³/mol. The highest BCUT2D eigenvalue weighted by Crippen LogP contribution is 2.27. The van der Waals surface area contributed by atoms with Crippen LogP contribution in [0.5, 0.6) is 0 Å². The monoisotopic (exact) mass is 255 g/mol. The summed E-state index contributed by atoms with van der Waals surface area (Å²) in [6.45, 7) is 7.34. The van der Waals surface area contributed by atoms with Crippen LogP contribution in [-0.2, 0) is 0 Å². The zero-order valence-electron chi connectivity index (χ0n) is 12.1. The van der Waals surface area contributed by atoms with Gasteiger partial charge in [0.2, 0.25) is 0 Å². The molecular weight excluding hydrogens is 226 g/mol. The summed E-state index contributed by atoms with van der Waals surface area (Å²) in [6, 6.07) is 0.625. The van der Waals surface area contributed by atoms with Gasteiger partial charge in [-0.25, -0.2) is 0 Å². The number of hydrogen-bond donors (Lipinski definition) is 3. The normalized spacial score (nSPS) is 20.3. The zero-order chi connectivity index (χ0) is 13.6. The minimum Gasteiger partial charge on any atom is -0.409 e. The third-order valence-corrected chi connectivity index (χ3v) is 4.35. The van der Waals surface area contributed by atoms with Crippen molar-refractivity contribution in [1.82, 2.24) is 5.32 Å². The second kappa shape index (κ2) is 6.98. The van der Waals surface area contributed by atoms with Gasteiger partial charge in [0.05, 0.1) is 0 Å². The first-order valence-corrected chi connectivity index (χ1v) is 7.19. The van der Waals surface area contributed by atoms with Crippen molar-refractivity contribution >= 4 is 5.84 Å². The number of nitrogens with two attached hydrogens (primary N) is 1. The summed E-state index contributed by atoms with van der Waals surface area (Å²) in [7, 11) is 0. The van der Waals surface area contributed by atoms with Crippen LogP contribution in [0.15, 0.2) is 5.16 Å². The molecule has 18 heavy (non-hydrogen) atoms. The molecule has 4 heteroatoms. The molecule has 0 spiro atoms. The lowest BCUT2D eigenvalue weighted by atomic mass is 9.86. The Morgan fingerprint density at radius 3 is 2.61 bits per heavy atom. The Bertz CT molecular complexity index is 270. The van der Waals surface area contributed by atoms with E-state index in [1.54, 1.807) is 0 Å². The fourth-order valence-electron chi connectivity index (χ4n) is 2.75. The van der Waals surface area contributed by atoms with Crippen LogP contribution in [0.4, 0.5) is 0 Å². The summed E-state index contributed by atoms with van der Waals surface area (Å²) >= 11 is 0. The third-order valence-electron chi connectivity index (χ3n) is 4.35. The summed E-state index contributed by atoms with van der Waals surface area (Å²) in [5.41, 5.74) is 5.46. The summed E-state index contributed by atoms with van der Waals surface area (Å²) in [4.78, 5) is 0. The van der Waals surface area contributed by atoms with Crippen molar-refractivity contribution < 1.29 is 5.21 Å². The van der Waals surface area contributed by atoms with E-state index in [9.17, 15) is 0 Å². The first kappa shape index (κ1) is 15.3. The molecule has 0 saturated heterocycles. The van der Waals surface area contributed by atoms with E-state index in [1.165, 1.54) is 25.7 Å². The average Bonchev–Trinajstić information content (AvgIpc) is 2.87. The van der Waals surface area contributed by atoms with Gasteiger partial charge in [-0.2, -0.15) is 0 Å². The van der Waals surface area contributed by atoms with Crippen LogP contribution in [0.3, 0.4) is 0 Å². The first-order valence-electron chi connectivity index (χ1n) is 7.19. The molecule has 0 aromatic carbocycles. The van der Waals surface area contributed by atoms with Gasteiger partial charge in [0.15, 0.2) is 0 Å². The van der Waals surface area contributed by atoms with E-state index >= 15 is 0 Å². The lowest BCUT2D eigenvalue weighted by molar-refractivity contribution is 0.303. The number of rotatable bonds is 7. The molecule has 0 aliphatic heterocycles. The molecule has 4 N–H and O–H groups in total. The van der Waals surface area contributed by atoms with Crippen LogP contribution in [-0.4, -0.2) is 23.6 Å². The molecule has 1 rings (SSSR count). The molecule has 0 radical (unpaired) electrons. The van der Waals surface area contributed by atoms with Crippen molar-refractivity contribution in [2.24, 2.45) is 22.2 Å². The van der Waals surface area contributed by atoms with Gasteiger partial charge in [-0.05, 0) is 45.1 Å². The van der Waals surface area contributed by atoms with E-state index in [1.807, 2.05) is 13.8 Å². The van der Waals surface area contributed by atoms with Gasteiger partial charge in [0, 0.05) is 11.5 Å². The number of amidine groups is 1. The van der Waals surface area contributed by atoms with Crippen molar-refractivity contribution in [3.8, 4) is 0 Å². The molecule has 1 aliphatic carbocycles. The van der Waals surface area contributed by atoms with E-state index in [2.05, 4.69) is 17.4 Å². The van der Waals surface area contributed by atoms with Crippen LogP contribution >= 0.6 is 0 Å². The lowest BCUT2D eigenvalue weighted by Crippen LogP contribution is -2.35. The summed E-state index contributed by atoms with van der Waals surface area (Å²) in [5.74, 6) is 1.19. The first-order chi connectivity index (χ1) is 8.47. The maximum atomic E-state index is 8.71.